The van der Waals surface area contributed by atoms with Crippen molar-refractivity contribution in [3.05, 3.63) is 34.0 Å². The number of imide groups is 1. The first-order chi connectivity index (χ1) is 15.0. The van der Waals surface area contributed by atoms with Crippen molar-refractivity contribution in [2.75, 3.05) is 18.5 Å². The molecular formula is C20H25N7O3S. The highest BCUT2D eigenvalue weighted by molar-refractivity contribution is 7.09. The van der Waals surface area contributed by atoms with Crippen molar-refractivity contribution in [2.45, 2.75) is 45.7 Å². The van der Waals surface area contributed by atoms with Crippen LogP contribution in [0.4, 0.5) is 5.69 Å². The van der Waals surface area contributed by atoms with Crippen molar-refractivity contribution < 1.29 is 14.3 Å². The van der Waals surface area contributed by atoms with Crippen LogP contribution in [-0.4, -0.2) is 55.8 Å². The number of thiazole rings is 1. The fraction of sp³-hybridized carbons (Fsp3) is 0.450. The SMILES string of the molecule is CCn1ncc2c(NC3CCOCC3)c(C(=O)N(N)C(=O)Cc3csc(C)n3)cnc21. The molecule has 10 nitrogen and oxygen atoms in total. The number of aromatic nitrogens is 4. The summed E-state index contributed by atoms with van der Waals surface area (Å²) in [6, 6.07) is 0.135. The summed E-state index contributed by atoms with van der Waals surface area (Å²) in [4.78, 5) is 34.5. The van der Waals surface area contributed by atoms with Gasteiger partial charge >= 0.3 is 0 Å². The second-order valence-corrected chi connectivity index (χ2v) is 8.44. The Balaban J connectivity index is 1.65. The number of hydrogen-bond acceptors (Lipinski definition) is 9. The van der Waals surface area contributed by atoms with Crippen LogP contribution in [0.2, 0.25) is 0 Å². The molecule has 0 bridgehead atoms. The van der Waals surface area contributed by atoms with Crippen molar-refractivity contribution in [2.24, 2.45) is 5.84 Å². The van der Waals surface area contributed by atoms with Crippen LogP contribution in [0.15, 0.2) is 17.8 Å². The molecule has 3 aromatic heterocycles. The van der Waals surface area contributed by atoms with E-state index in [-0.39, 0.29) is 18.0 Å². The van der Waals surface area contributed by atoms with Crippen LogP contribution < -0.4 is 11.2 Å². The molecule has 0 atom stereocenters. The van der Waals surface area contributed by atoms with Crippen molar-refractivity contribution in [3.63, 3.8) is 0 Å². The number of ether oxygens (including phenoxy) is 1. The normalized spacial score (nSPS) is 14.7. The van der Waals surface area contributed by atoms with Gasteiger partial charge in [-0.05, 0) is 26.7 Å². The van der Waals surface area contributed by atoms with E-state index in [0.29, 0.717) is 41.8 Å². The van der Waals surface area contributed by atoms with Gasteiger partial charge in [0, 0.05) is 37.4 Å². The van der Waals surface area contributed by atoms with Gasteiger partial charge in [-0.25, -0.2) is 25.5 Å². The van der Waals surface area contributed by atoms with E-state index in [1.165, 1.54) is 17.5 Å². The molecule has 11 heteroatoms. The van der Waals surface area contributed by atoms with Crippen LogP contribution >= 0.6 is 11.3 Å². The second-order valence-electron chi connectivity index (χ2n) is 7.38. The third kappa shape index (κ3) is 4.43. The van der Waals surface area contributed by atoms with Gasteiger partial charge in [0.25, 0.3) is 5.91 Å². The van der Waals surface area contributed by atoms with E-state index in [9.17, 15) is 9.59 Å². The van der Waals surface area contributed by atoms with Crippen molar-refractivity contribution in [1.29, 1.82) is 0 Å². The van der Waals surface area contributed by atoms with E-state index in [1.807, 2.05) is 13.8 Å². The average Bonchev–Trinajstić information content (AvgIpc) is 3.39. The minimum atomic E-state index is -0.620. The maximum Gasteiger partial charge on any atom is 0.278 e. The third-order valence-electron chi connectivity index (χ3n) is 5.25. The molecule has 0 radical (unpaired) electrons. The van der Waals surface area contributed by atoms with Gasteiger partial charge in [-0.1, -0.05) is 0 Å². The summed E-state index contributed by atoms with van der Waals surface area (Å²) in [7, 11) is 0. The van der Waals surface area contributed by atoms with Crippen LogP contribution in [0.5, 0.6) is 0 Å². The first kappa shape index (κ1) is 21.3. The van der Waals surface area contributed by atoms with Crippen LogP contribution in [0, 0.1) is 6.92 Å². The Hall–Kier alpha value is -2.89. The largest absolute Gasteiger partial charge is 0.381 e. The van der Waals surface area contributed by atoms with Gasteiger partial charge in [0.2, 0.25) is 5.91 Å². The fourth-order valence-corrected chi connectivity index (χ4v) is 4.21. The van der Waals surface area contributed by atoms with E-state index in [2.05, 4.69) is 20.4 Å². The van der Waals surface area contributed by atoms with E-state index in [0.717, 1.165) is 23.2 Å². The van der Waals surface area contributed by atoms with Gasteiger partial charge in [0.1, 0.15) is 0 Å². The predicted molar refractivity (Wildman–Crippen MR) is 117 cm³/mol. The van der Waals surface area contributed by atoms with Gasteiger partial charge in [0.05, 0.1) is 40.0 Å². The van der Waals surface area contributed by atoms with E-state index in [4.69, 9.17) is 10.6 Å². The lowest BCUT2D eigenvalue weighted by atomic mass is 10.1. The summed E-state index contributed by atoms with van der Waals surface area (Å²) >= 11 is 1.44. The Morgan fingerprint density at radius 2 is 2.13 bits per heavy atom. The number of carbonyl (C=O) groups excluding carboxylic acids is 2. The summed E-state index contributed by atoms with van der Waals surface area (Å²) in [5.74, 6) is 4.79. The van der Waals surface area contributed by atoms with Gasteiger partial charge in [-0.2, -0.15) is 5.10 Å². The summed E-state index contributed by atoms with van der Waals surface area (Å²) < 4.78 is 7.20. The highest BCUT2D eigenvalue weighted by Crippen LogP contribution is 2.29. The van der Waals surface area contributed by atoms with Gasteiger partial charge < -0.3 is 10.1 Å². The Morgan fingerprint density at radius 1 is 1.35 bits per heavy atom. The standard InChI is InChI=1S/C20H25N7O3S/c1-3-26-19-15(10-23-26)18(25-13-4-6-30-7-5-13)16(9-22-19)20(29)27(21)17(28)8-14-11-31-12(2)24-14/h9-11,13H,3-8,21H2,1-2H3,(H,22,25). The summed E-state index contributed by atoms with van der Waals surface area (Å²) in [6.07, 6.45) is 4.73. The molecule has 0 unspecified atom stereocenters. The first-order valence-corrected chi connectivity index (χ1v) is 11.1. The Kier molecular flexibility index (Phi) is 6.25. The van der Waals surface area contributed by atoms with Crippen molar-refractivity contribution in [1.82, 2.24) is 24.8 Å². The van der Waals surface area contributed by atoms with Crippen molar-refractivity contribution >= 4 is 39.9 Å². The molecule has 3 N–H and O–H groups in total. The Morgan fingerprint density at radius 3 is 2.81 bits per heavy atom. The lowest BCUT2D eigenvalue weighted by Crippen LogP contribution is -2.44. The number of aryl methyl sites for hydroxylation is 2. The minimum absolute atomic E-state index is 0.0429. The number of amides is 2. The number of hydrogen-bond donors (Lipinski definition) is 2. The summed E-state index contributed by atoms with van der Waals surface area (Å²) in [5, 5.41) is 11.8. The fourth-order valence-electron chi connectivity index (χ4n) is 3.59. The molecule has 1 aliphatic rings. The predicted octanol–water partition coefficient (Wildman–Crippen LogP) is 1.89. The highest BCUT2D eigenvalue weighted by Gasteiger charge is 2.27. The zero-order valence-corrected chi connectivity index (χ0v) is 18.3. The number of nitrogens with zero attached hydrogens (tertiary/aromatic N) is 5. The molecule has 0 aromatic carbocycles. The molecular weight excluding hydrogens is 418 g/mol. The Labute approximate surface area is 183 Å². The summed E-state index contributed by atoms with van der Waals surface area (Å²) in [5.41, 5.74) is 2.09. The number of carbonyl (C=O) groups is 2. The molecule has 0 spiro atoms. The molecule has 4 heterocycles. The smallest absolute Gasteiger partial charge is 0.278 e. The second kappa shape index (κ2) is 9.08. The molecule has 3 aromatic rings. The number of rotatable bonds is 6. The van der Waals surface area contributed by atoms with Gasteiger partial charge in [-0.15, -0.1) is 11.3 Å². The number of nitrogens with two attached hydrogens (primary N) is 1. The topological polar surface area (TPSA) is 128 Å². The van der Waals surface area contributed by atoms with Gasteiger partial charge in [0.15, 0.2) is 5.65 Å². The summed E-state index contributed by atoms with van der Waals surface area (Å²) in [6.45, 7) is 5.78. The lowest BCUT2D eigenvalue weighted by molar-refractivity contribution is -0.128. The highest BCUT2D eigenvalue weighted by atomic mass is 32.1. The van der Waals surface area contributed by atoms with Crippen LogP contribution in [0.3, 0.4) is 0 Å². The van der Waals surface area contributed by atoms with Crippen LogP contribution in [-0.2, 0) is 22.5 Å². The maximum atomic E-state index is 13.2. The number of pyridine rings is 1. The van der Waals surface area contributed by atoms with Gasteiger partial charge in [-0.3, -0.25) is 9.59 Å². The Bertz CT molecular complexity index is 1100. The number of hydrazine groups is 1. The van der Waals surface area contributed by atoms with E-state index in [1.54, 1.807) is 16.3 Å². The zero-order chi connectivity index (χ0) is 22.0. The average molecular weight is 444 g/mol. The lowest BCUT2D eigenvalue weighted by Gasteiger charge is -2.26. The molecule has 4 rings (SSSR count). The molecule has 164 valence electrons. The number of fused-ring (bicyclic) bond motifs is 1. The maximum absolute atomic E-state index is 13.2. The molecule has 1 fully saturated rings. The van der Waals surface area contributed by atoms with Crippen LogP contribution in [0.25, 0.3) is 11.0 Å². The molecule has 2 amide bonds. The molecule has 1 saturated heterocycles. The minimum Gasteiger partial charge on any atom is -0.381 e. The van der Waals surface area contributed by atoms with Crippen LogP contribution in [0.1, 0.15) is 40.8 Å². The quantitative estimate of drug-likeness (QED) is 0.336. The zero-order valence-electron chi connectivity index (χ0n) is 17.5. The number of nitrogens with one attached hydrogen (secondary N) is 1. The monoisotopic (exact) mass is 443 g/mol. The number of anilines is 1. The first-order valence-electron chi connectivity index (χ1n) is 10.2. The van der Waals surface area contributed by atoms with E-state index < -0.39 is 11.8 Å². The molecule has 0 saturated carbocycles. The molecule has 31 heavy (non-hydrogen) atoms. The van der Waals surface area contributed by atoms with E-state index >= 15 is 0 Å². The third-order valence-corrected chi connectivity index (χ3v) is 6.07. The van der Waals surface area contributed by atoms with Crippen molar-refractivity contribution in [3.8, 4) is 0 Å². The molecule has 0 aliphatic carbocycles. The molecule has 1 aliphatic heterocycles.